The Morgan fingerprint density at radius 1 is 0.629 bits per heavy atom. The molecule has 174 valence electrons. The first kappa shape index (κ1) is 23.5. The van der Waals surface area contributed by atoms with Crippen LogP contribution in [-0.4, -0.2) is 38.3 Å². The average molecular weight is 521 g/mol. The lowest BCUT2D eigenvalue weighted by atomic mass is 10.0. The van der Waals surface area contributed by atoms with Gasteiger partial charge in [0.25, 0.3) is 0 Å². The molecule has 0 aliphatic carbocycles. The van der Waals surface area contributed by atoms with E-state index in [0.29, 0.717) is 0 Å². The molecule has 35 heavy (non-hydrogen) atoms. The fourth-order valence-corrected chi connectivity index (χ4v) is 4.13. The molecule has 0 N–H and O–H groups in total. The molecule has 3 heterocycles. The Hall–Kier alpha value is -3.25. The highest BCUT2D eigenvalue weighted by molar-refractivity contribution is 6.63. The number of aromatic nitrogens is 4. The van der Waals surface area contributed by atoms with Crippen molar-refractivity contribution in [2.45, 2.75) is 4.30 Å². The van der Waals surface area contributed by atoms with Gasteiger partial charge in [-0.2, -0.15) is 0 Å². The number of pyridine rings is 2. The summed E-state index contributed by atoms with van der Waals surface area (Å²) in [5, 5.41) is 1.94. The number of benzene rings is 3. The van der Waals surface area contributed by atoms with Gasteiger partial charge in [0.1, 0.15) is 0 Å². The van der Waals surface area contributed by atoms with E-state index in [9.17, 15) is 0 Å². The van der Waals surface area contributed by atoms with E-state index >= 15 is 0 Å². The third-order valence-corrected chi connectivity index (χ3v) is 5.73. The number of rotatable bonds is 2. The van der Waals surface area contributed by atoms with Crippen molar-refractivity contribution >= 4 is 84.4 Å². The Bertz CT molecular complexity index is 1660. The van der Waals surface area contributed by atoms with Crippen molar-refractivity contribution in [2.24, 2.45) is 0 Å². The van der Waals surface area contributed by atoms with Crippen LogP contribution in [0.2, 0.25) is 0 Å². The molecule has 6 rings (SSSR count). The zero-order valence-electron chi connectivity index (χ0n) is 19.0. The van der Waals surface area contributed by atoms with E-state index in [4.69, 9.17) is 44.8 Å². The lowest BCUT2D eigenvalue weighted by Gasteiger charge is -2.13. The van der Waals surface area contributed by atoms with Crippen LogP contribution in [0.5, 0.6) is 0 Å². The summed E-state index contributed by atoms with van der Waals surface area (Å²) in [4.78, 5) is 21.3. The number of alkyl halides is 3. The lowest BCUT2D eigenvalue weighted by Crippen LogP contribution is -2.07. The molecule has 0 spiro atoms. The van der Waals surface area contributed by atoms with E-state index in [-0.39, 0.29) is 0 Å². The molecular formula is C27H20Cl3N5. The molecule has 0 bridgehead atoms. The van der Waals surface area contributed by atoms with Gasteiger partial charge in [0, 0.05) is 42.9 Å². The average Bonchev–Trinajstić information content (AvgIpc) is 2.87. The van der Waals surface area contributed by atoms with Crippen LogP contribution in [0, 0.1) is 0 Å². The molecule has 6 aromatic rings. The van der Waals surface area contributed by atoms with Crippen LogP contribution >= 0.6 is 34.8 Å². The highest BCUT2D eigenvalue weighted by atomic mass is 35.6. The highest BCUT2D eigenvalue weighted by Crippen LogP contribution is 2.33. The maximum atomic E-state index is 5.05. The van der Waals surface area contributed by atoms with Gasteiger partial charge < -0.3 is 4.90 Å². The van der Waals surface area contributed by atoms with Gasteiger partial charge in [-0.05, 0) is 59.7 Å². The predicted octanol–water partition coefficient (Wildman–Crippen LogP) is 7.60. The summed E-state index contributed by atoms with van der Waals surface area (Å²) >= 11 is 14.4. The van der Waals surface area contributed by atoms with Crippen molar-refractivity contribution in [1.82, 2.24) is 19.9 Å². The molecule has 0 amide bonds. The molecule has 0 aliphatic heterocycles. The molecule has 0 saturated carbocycles. The molecule has 8 heteroatoms. The maximum absolute atomic E-state index is 5.05. The molecule has 0 radical (unpaired) electrons. The molecule has 0 aliphatic rings. The van der Waals surface area contributed by atoms with Crippen molar-refractivity contribution < 1.29 is 0 Å². The van der Waals surface area contributed by atoms with Gasteiger partial charge in [-0.25, -0.2) is 9.97 Å². The summed E-state index contributed by atoms with van der Waals surface area (Å²) in [5.74, 6) is 0. The molecule has 5 nitrogen and oxygen atoms in total. The second kappa shape index (κ2) is 9.78. The summed E-state index contributed by atoms with van der Waals surface area (Å²) in [6.07, 6.45) is 3.59. The Balaban J connectivity index is 0.000000591. The summed E-state index contributed by atoms with van der Waals surface area (Å²) in [6, 6.07) is 22.8. The van der Waals surface area contributed by atoms with Gasteiger partial charge in [0.2, 0.25) is 0 Å². The van der Waals surface area contributed by atoms with Crippen LogP contribution in [0.15, 0.2) is 79.1 Å². The maximum Gasteiger partial charge on any atom is 0.180 e. The van der Waals surface area contributed by atoms with Gasteiger partial charge >= 0.3 is 0 Å². The van der Waals surface area contributed by atoms with Crippen LogP contribution in [0.4, 0.5) is 5.69 Å². The van der Waals surface area contributed by atoms with Crippen LogP contribution in [0.1, 0.15) is 0 Å². The van der Waals surface area contributed by atoms with Crippen molar-refractivity contribution in [3.63, 3.8) is 0 Å². The SMILES string of the molecule is CN(C)c1ccc(-c2ccc3nc4c5cccnc5c5ncccc5c4nc3c2)cc1.ClC(Cl)Cl. The number of anilines is 1. The standard InChI is InChI=1S/C26H19N5.CHCl3/c1-31(2)18-10-7-16(8-11-18)17-9-12-21-22(15-17)30-26-20-6-4-14-28-24(20)23-19(25(26)29-21)5-3-13-27-23;2-1(3)4/h3-15H,1-2H3;1H. The molecular weight excluding hydrogens is 501 g/mol. The fraction of sp³-hybridized carbons (Fsp3) is 0.111. The largest absolute Gasteiger partial charge is 0.378 e. The second-order valence-electron chi connectivity index (χ2n) is 8.11. The highest BCUT2D eigenvalue weighted by Gasteiger charge is 2.14. The third-order valence-electron chi connectivity index (χ3n) is 5.73. The normalized spacial score (nSPS) is 11.3. The van der Waals surface area contributed by atoms with Crippen molar-refractivity contribution in [1.29, 1.82) is 0 Å². The van der Waals surface area contributed by atoms with E-state index < -0.39 is 4.30 Å². The number of halogens is 3. The Labute approximate surface area is 217 Å². The monoisotopic (exact) mass is 519 g/mol. The first-order chi connectivity index (χ1) is 16.9. The van der Waals surface area contributed by atoms with Gasteiger partial charge in [-0.15, -0.1) is 0 Å². The molecule has 3 aromatic carbocycles. The van der Waals surface area contributed by atoms with E-state index in [1.807, 2.05) is 44.4 Å². The first-order valence-corrected chi connectivity index (χ1v) is 12.2. The van der Waals surface area contributed by atoms with E-state index in [0.717, 1.165) is 55.0 Å². The fourth-order valence-electron chi connectivity index (χ4n) is 4.13. The van der Waals surface area contributed by atoms with Gasteiger partial charge in [-0.1, -0.05) is 53.0 Å². The van der Waals surface area contributed by atoms with Crippen LogP contribution < -0.4 is 4.90 Å². The summed E-state index contributed by atoms with van der Waals surface area (Å²) in [5.41, 5.74) is 8.63. The lowest BCUT2D eigenvalue weighted by molar-refractivity contribution is 1.13. The van der Waals surface area contributed by atoms with Crippen LogP contribution in [0.3, 0.4) is 0 Å². The molecule has 0 unspecified atom stereocenters. The summed E-state index contributed by atoms with van der Waals surface area (Å²) in [6.45, 7) is 0. The van der Waals surface area contributed by atoms with Gasteiger partial charge in [0.05, 0.1) is 33.1 Å². The number of nitrogens with zero attached hydrogens (tertiary/aromatic N) is 5. The third kappa shape index (κ3) is 4.67. The van der Waals surface area contributed by atoms with Gasteiger partial charge in [-0.3, -0.25) is 9.97 Å². The van der Waals surface area contributed by atoms with Crippen LogP contribution in [-0.2, 0) is 0 Å². The smallest absolute Gasteiger partial charge is 0.180 e. The minimum Gasteiger partial charge on any atom is -0.378 e. The topological polar surface area (TPSA) is 54.8 Å². The minimum absolute atomic E-state index is 0.750. The minimum atomic E-state index is -0.750. The predicted molar refractivity (Wildman–Crippen MR) is 149 cm³/mol. The quantitative estimate of drug-likeness (QED) is 0.134. The molecule has 3 aromatic heterocycles. The van der Waals surface area contributed by atoms with E-state index in [1.54, 1.807) is 12.4 Å². The number of hydrogen-bond donors (Lipinski definition) is 0. The van der Waals surface area contributed by atoms with Crippen LogP contribution in [0.25, 0.3) is 55.0 Å². The van der Waals surface area contributed by atoms with E-state index in [1.165, 1.54) is 5.69 Å². The van der Waals surface area contributed by atoms with Crippen molar-refractivity contribution in [3.05, 3.63) is 79.1 Å². The second-order valence-corrected chi connectivity index (χ2v) is 10.1. The first-order valence-electron chi connectivity index (χ1n) is 10.9. The zero-order chi connectivity index (χ0) is 24.5. The summed E-state index contributed by atoms with van der Waals surface area (Å²) in [7, 11) is 4.09. The van der Waals surface area contributed by atoms with Gasteiger partial charge in [0.15, 0.2) is 4.30 Å². The number of hydrogen-bond acceptors (Lipinski definition) is 5. The molecule has 0 saturated heterocycles. The molecule has 0 fully saturated rings. The summed E-state index contributed by atoms with van der Waals surface area (Å²) < 4.78 is -0.750. The van der Waals surface area contributed by atoms with E-state index in [2.05, 4.69) is 51.3 Å². The van der Waals surface area contributed by atoms with Crippen molar-refractivity contribution in [2.75, 3.05) is 19.0 Å². The zero-order valence-corrected chi connectivity index (χ0v) is 21.2. The number of fused-ring (bicyclic) bond motifs is 7. The van der Waals surface area contributed by atoms with Crippen molar-refractivity contribution in [3.8, 4) is 11.1 Å². The Morgan fingerprint density at radius 2 is 1.14 bits per heavy atom. The Kier molecular flexibility index (Phi) is 6.56. The Morgan fingerprint density at radius 3 is 1.69 bits per heavy atom. The molecule has 0 atom stereocenters.